The Morgan fingerprint density at radius 3 is 3.06 bits per heavy atom. The number of benzene rings is 1. The summed E-state index contributed by atoms with van der Waals surface area (Å²) in [5.41, 5.74) is 7.58. The summed E-state index contributed by atoms with van der Waals surface area (Å²) < 4.78 is 7.56. The summed E-state index contributed by atoms with van der Waals surface area (Å²) in [6, 6.07) is 5.78. The van der Waals surface area contributed by atoms with Gasteiger partial charge in [-0.25, -0.2) is 0 Å². The summed E-state index contributed by atoms with van der Waals surface area (Å²) in [6.07, 6.45) is 2.57. The molecule has 4 heteroatoms. The largest absolute Gasteiger partial charge is 0.476 e. The molecule has 0 aliphatic heterocycles. The van der Waals surface area contributed by atoms with E-state index in [1.54, 1.807) is 0 Å². The van der Waals surface area contributed by atoms with Crippen LogP contribution in [0.15, 0.2) is 18.2 Å². The maximum Gasteiger partial charge on any atom is 0.240 e. The van der Waals surface area contributed by atoms with Crippen molar-refractivity contribution in [2.45, 2.75) is 12.8 Å². The molecule has 0 radical (unpaired) electrons. The van der Waals surface area contributed by atoms with E-state index in [4.69, 9.17) is 10.5 Å². The number of nitrogen functional groups attached to an aromatic ring is 1. The molecule has 16 heavy (non-hydrogen) atoms. The van der Waals surface area contributed by atoms with Crippen molar-refractivity contribution in [1.82, 2.24) is 9.78 Å². The van der Waals surface area contributed by atoms with E-state index in [0.29, 0.717) is 5.88 Å². The molecule has 1 aromatic carbocycles. The molecule has 0 unspecified atom stereocenters. The summed E-state index contributed by atoms with van der Waals surface area (Å²) in [7, 11) is 1.92. The fourth-order valence-corrected chi connectivity index (χ4v) is 1.84. The molecule has 4 nitrogen and oxygen atoms in total. The Balaban J connectivity index is 1.98. The lowest BCUT2D eigenvalue weighted by molar-refractivity contribution is 0.288. The highest BCUT2D eigenvalue weighted by molar-refractivity contribution is 5.87. The van der Waals surface area contributed by atoms with Gasteiger partial charge in [0.2, 0.25) is 5.88 Å². The Morgan fingerprint density at radius 2 is 2.31 bits per heavy atom. The molecule has 3 rings (SSSR count). The third-order valence-electron chi connectivity index (χ3n) is 2.99. The first-order valence-corrected chi connectivity index (χ1v) is 5.59. The van der Waals surface area contributed by atoms with E-state index in [2.05, 4.69) is 5.10 Å². The number of aromatic nitrogens is 2. The molecule has 1 fully saturated rings. The molecule has 84 valence electrons. The summed E-state index contributed by atoms with van der Waals surface area (Å²) in [4.78, 5) is 0. The first kappa shape index (κ1) is 9.51. The summed E-state index contributed by atoms with van der Waals surface area (Å²) in [6.45, 7) is 0.779. The molecule has 1 heterocycles. The fraction of sp³-hybridized carbons (Fsp3) is 0.417. The van der Waals surface area contributed by atoms with Gasteiger partial charge >= 0.3 is 0 Å². The van der Waals surface area contributed by atoms with Crippen LogP contribution in [0.25, 0.3) is 10.9 Å². The van der Waals surface area contributed by atoms with Gasteiger partial charge in [0.25, 0.3) is 0 Å². The van der Waals surface area contributed by atoms with E-state index in [-0.39, 0.29) is 0 Å². The minimum atomic E-state index is 0.705. The molecule has 1 aliphatic carbocycles. The zero-order chi connectivity index (χ0) is 11.1. The highest BCUT2D eigenvalue weighted by atomic mass is 16.5. The smallest absolute Gasteiger partial charge is 0.240 e. The third kappa shape index (κ3) is 1.60. The lowest BCUT2D eigenvalue weighted by atomic mass is 10.2. The molecular weight excluding hydrogens is 202 g/mol. The maximum absolute atomic E-state index is 5.78. The van der Waals surface area contributed by atoms with E-state index < -0.39 is 0 Å². The first-order valence-electron chi connectivity index (χ1n) is 5.59. The van der Waals surface area contributed by atoms with E-state index in [1.165, 1.54) is 12.8 Å². The molecule has 0 saturated heterocycles. The normalized spacial score (nSPS) is 15.6. The Kier molecular flexibility index (Phi) is 2.02. The number of nitrogens with two attached hydrogens (primary N) is 1. The van der Waals surface area contributed by atoms with E-state index in [0.717, 1.165) is 29.1 Å². The van der Waals surface area contributed by atoms with Crippen LogP contribution in [0.5, 0.6) is 5.88 Å². The lowest BCUT2D eigenvalue weighted by Gasteiger charge is -2.01. The Bertz CT molecular complexity index is 528. The van der Waals surface area contributed by atoms with Crippen LogP contribution in [-0.2, 0) is 7.05 Å². The van der Waals surface area contributed by atoms with Crippen LogP contribution in [0.4, 0.5) is 5.69 Å². The first-order chi connectivity index (χ1) is 7.74. The highest BCUT2D eigenvalue weighted by Crippen LogP contribution is 2.31. The predicted octanol–water partition coefficient (Wildman–Crippen LogP) is 1.94. The summed E-state index contributed by atoms with van der Waals surface area (Å²) in [5, 5.41) is 5.37. The van der Waals surface area contributed by atoms with Crippen molar-refractivity contribution >= 4 is 16.6 Å². The molecule has 0 bridgehead atoms. The monoisotopic (exact) mass is 217 g/mol. The van der Waals surface area contributed by atoms with Gasteiger partial charge in [-0.15, -0.1) is 5.10 Å². The van der Waals surface area contributed by atoms with Crippen LogP contribution in [0, 0.1) is 5.92 Å². The number of fused-ring (bicyclic) bond motifs is 1. The van der Waals surface area contributed by atoms with Crippen LogP contribution < -0.4 is 10.5 Å². The molecular formula is C12H15N3O. The molecule has 2 aromatic rings. The zero-order valence-corrected chi connectivity index (χ0v) is 9.31. The number of nitrogens with zero attached hydrogens (tertiary/aromatic N) is 2. The molecule has 1 saturated carbocycles. The van der Waals surface area contributed by atoms with Gasteiger partial charge in [-0.05, 0) is 37.0 Å². The molecule has 0 atom stereocenters. The summed E-state index contributed by atoms with van der Waals surface area (Å²) >= 11 is 0. The third-order valence-corrected chi connectivity index (χ3v) is 2.99. The Labute approximate surface area is 94.0 Å². The van der Waals surface area contributed by atoms with Gasteiger partial charge in [0.1, 0.15) is 0 Å². The average molecular weight is 217 g/mol. The van der Waals surface area contributed by atoms with Crippen LogP contribution in [0.1, 0.15) is 12.8 Å². The highest BCUT2D eigenvalue weighted by Gasteiger charge is 2.23. The SMILES string of the molecule is Cn1nc(OCC2CC2)c2cc(N)ccc21. The Hall–Kier alpha value is -1.71. The van der Waals surface area contributed by atoms with Crippen LogP contribution in [0.3, 0.4) is 0 Å². The molecule has 2 N–H and O–H groups in total. The van der Waals surface area contributed by atoms with Crippen LogP contribution >= 0.6 is 0 Å². The minimum absolute atomic E-state index is 0.705. The lowest BCUT2D eigenvalue weighted by Crippen LogP contribution is -2.00. The summed E-state index contributed by atoms with van der Waals surface area (Å²) in [5.74, 6) is 1.44. The van der Waals surface area contributed by atoms with Crippen molar-refractivity contribution in [3.8, 4) is 5.88 Å². The average Bonchev–Trinajstić information content (AvgIpc) is 3.03. The second kappa shape index (κ2) is 3.40. The van der Waals surface area contributed by atoms with E-state index >= 15 is 0 Å². The van der Waals surface area contributed by atoms with E-state index in [9.17, 15) is 0 Å². The van der Waals surface area contributed by atoms with Crippen LogP contribution in [0.2, 0.25) is 0 Å². The van der Waals surface area contributed by atoms with Crippen molar-refractivity contribution in [3.63, 3.8) is 0 Å². The Morgan fingerprint density at radius 1 is 1.50 bits per heavy atom. The topological polar surface area (TPSA) is 53.1 Å². The molecule has 0 amide bonds. The molecule has 1 aliphatic rings. The van der Waals surface area contributed by atoms with Gasteiger partial charge < -0.3 is 10.5 Å². The quantitative estimate of drug-likeness (QED) is 0.799. The van der Waals surface area contributed by atoms with Gasteiger partial charge in [0.15, 0.2) is 0 Å². The van der Waals surface area contributed by atoms with Crippen molar-refractivity contribution < 1.29 is 4.74 Å². The number of hydrogen-bond donors (Lipinski definition) is 1. The van der Waals surface area contributed by atoms with Crippen molar-refractivity contribution in [2.75, 3.05) is 12.3 Å². The number of anilines is 1. The van der Waals surface area contributed by atoms with Gasteiger partial charge in [-0.3, -0.25) is 4.68 Å². The zero-order valence-electron chi connectivity index (χ0n) is 9.31. The van der Waals surface area contributed by atoms with Crippen molar-refractivity contribution in [2.24, 2.45) is 13.0 Å². The maximum atomic E-state index is 5.78. The van der Waals surface area contributed by atoms with Gasteiger partial charge in [0.05, 0.1) is 17.5 Å². The van der Waals surface area contributed by atoms with Crippen molar-refractivity contribution in [1.29, 1.82) is 0 Å². The van der Waals surface area contributed by atoms with Crippen molar-refractivity contribution in [3.05, 3.63) is 18.2 Å². The van der Waals surface area contributed by atoms with Gasteiger partial charge in [0, 0.05) is 12.7 Å². The second-order valence-corrected chi connectivity index (χ2v) is 4.46. The van der Waals surface area contributed by atoms with E-state index in [1.807, 2.05) is 29.9 Å². The molecule has 0 spiro atoms. The molecule has 1 aromatic heterocycles. The number of ether oxygens (including phenoxy) is 1. The number of rotatable bonds is 3. The minimum Gasteiger partial charge on any atom is -0.476 e. The van der Waals surface area contributed by atoms with Gasteiger partial charge in [-0.1, -0.05) is 0 Å². The number of aryl methyl sites for hydroxylation is 1. The van der Waals surface area contributed by atoms with Gasteiger partial charge in [-0.2, -0.15) is 0 Å². The number of hydrogen-bond acceptors (Lipinski definition) is 3. The predicted molar refractivity (Wildman–Crippen MR) is 63.3 cm³/mol. The second-order valence-electron chi connectivity index (χ2n) is 4.46. The van der Waals surface area contributed by atoms with Crippen LogP contribution in [-0.4, -0.2) is 16.4 Å². The fourth-order valence-electron chi connectivity index (χ4n) is 1.84. The standard InChI is InChI=1S/C12H15N3O/c1-15-11-5-4-9(13)6-10(11)12(14-15)16-7-8-2-3-8/h4-6,8H,2-3,7,13H2,1H3.